The van der Waals surface area contributed by atoms with Crippen LogP contribution >= 0.6 is 11.3 Å². The van der Waals surface area contributed by atoms with Crippen LogP contribution < -0.4 is 10.6 Å². The van der Waals surface area contributed by atoms with E-state index in [0.29, 0.717) is 29.5 Å². The molecule has 1 aromatic heterocycles. The van der Waals surface area contributed by atoms with E-state index in [1.807, 2.05) is 6.92 Å². The molecule has 2 N–H and O–H groups in total. The minimum atomic E-state index is -0.380. The van der Waals surface area contributed by atoms with E-state index in [1.54, 1.807) is 13.0 Å². The van der Waals surface area contributed by atoms with Gasteiger partial charge in [-0.15, -0.1) is 11.3 Å². The number of anilines is 1. The van der Waals surface area contributed by atoms with Crippen molar-refractivity contribution in [3.63, 3.8) is 0 Å². The Morgan fingerprint density at radius 1 is 1.55 bits per heavy atom. The number of esters is 1. The van der Waals surface area contributed by atoms with Crippen molar-refractivity contribution in [3.8, 4) is 0 Å². The summed E-state index contributed by atoms with van der Waals surface area (Å²) >= 11 is 1.41. The standard InChI is InChI=1S/C14H20N2O3S/c1-3-19-14(18)11-6-9(2)20-13(11)16-12(17)7-10-4-5-15-8-10/h6,10,15H,3-5,7-8H2,1-2H3,(H,16,17). The van der Waals surface area contributed by atoms with Crippen molar-refractivity contribution in [1.29, 1.82) is 0 Å². The van der Waals surface area contributed by atoms with Gasteiger partial charge in [0.15, 0.2) is 0 Å². The monoisotopic (exact) mass is 296 g/mol. The van der Waals surface area contributed by atoms with Gasteiger partial charge in [0.25, 0.3) is 0 Å². The first-order valence-corrected chi connectivity index (χ1v) is 7.70. The Labute approximate surface area is 122 Å². The molecule has 0 aromatic carbocycles. The van der Waals surface area contributed by atoms with Crippen molar-refractivity contribution in [1.82, 2.24) is 5.32 Å². The van der Waals surface area contributed by atoms with Crippen LogP contribution in [0, 0.1) is 12.8 Å². The molecule has 2 rings (SSSR count). The van der Waals surface area contributed by atoms with Gasteiger partial charge in [-0.1, -0.05) is 0 Å². The third-order valence-corrected chi connectivity index (χ3v) is 4.21. The SMILES string of the molecule is CCOC(=O)c1cc(C)sc1NC(=O)CC1CCNC1. The van der Waals surface area contributed by atoms with Gasteiger partial charge in [-0.25, -0.2) is 4.79 Å². The Hall–Kier alpha value is -1.40. The lowest BCUT2D eigenvalue weighted by atomic mass is 10.0. The molecule has 0 spiro atoms. The average Bonchev–Trinajstić information content (AvgIpc) is 2.99. The highest BCUT2D eigenvalue weighted by Gasteiger charge is 2.21. The second-order valence-corrected chi connectivity index (χ2v) is 6.19. The molecule has 2 heterocycles. The van der Waals surface area contributed by atoms with Crippen LogP contribution in [0.2, 0.25) is 0 Å². The number of ether oxygens (including phenoxy) is 1. The highest BCUT2D eigenvalue weighted by atomic mass is 32.1. The van der Waals surface area contributed by atoms with Crippen molar-refractivity contribution in [3.05, 3.63) is 16.5 Å². The van der Waals surface area contributed by atoms with Gasteiger partial charge in [0.1, 0.15) is 5.00 Å². The molecule has 1 fully saturated rings. The van der Waals surface area contributed by atoms with Crippen LogP contribution in [-0.4, -0.2) is 31.6 Å². The van der Waals surface area contributed by atoms with Crippen molar-refractivity contribution in [2.45, 2.75) is 26.7 Å². The number of thiophene rings is 1. The fourth-order valence-corrected chi connectivity index (χ4v) is 3.21. The first-order valence-electron chi connectivity index (χ1n) is 6.88. The maximum Gasteiger partial charge on any atom is 0.341 e. The summed E-state index contributed by atoms with van der Waals surface area (Å²) in [6, 6.07) is 1.76. The van der Waals surface area contributed by atoms with Gasteiger partial charge in [-0.3, -0.25) is 4.79 Å². The molecule has 0 bridgehead atoms. The molecule has 110 valence electrons. The highest BCUT2D eigenvalue weighted by molar-refractivity contribution is 7.16. The molecule has 6 heteroatoms. The van der Waals surface area contributed by atoms with Crippen LogP contribution in [0.25, 0.3) is 0 Å². The largest absolute Gasteiger partial charge is 0.462 e. The summed E-state index contributed by atoms with van der Waals surface area (Å²) in [5.41, 5.74) is 0.451. The first kappa shape index (κ1) is 15.0. The molecule has 1 unspecified atom stereocenters. The second kappa shape index (κ2) is 6.85. The fraction of sp³-hybridized carbons (Fsp3) is 0.571. The average molecular weight is 296 g/mol. The number of amides is 1. The molecule has 1 atom stereocenters. The van der Waals surface area contributed by atoms with Crippen LogP contribution in [0.3, 0.4) is 0 Å². The Kier molecular flexibility index (Phi) is 5.14. The summed E-state index contributed by atoms with van der Waals surface area (Å²) in [6.45, 7) is 5.87. The van der Waals surface area contributed by atoms with Gasteiger partial charge < -0.3 is 15.4 Å². The Balaban J connectivity index is 2.00. The van der Waals surface area contributed by atoms with Crippen LogP contribution in [0.15, 0.2) is 6.07 Å². The van der Waals surface area contributed by atoms with E-state index in [4.69, 9.17) is 4.74 Å². The lowest BCUT2D eigenvalue weighted by molar-refractivity contribution is -0.116. The summed E-state index contributed by atoms with van der Waals surface area (Å²) in [4.78, 5) is 24.8. The van der Waals surface area contributed by atoms with E-state index in [9.17, 15) is 9.59 Å². The molecule has 1 aliphatic rings. The molecule has 20 heavy (non-hydrogen) atoms. The third kappa shape index (κ3) is 3.80. The van der Waals surface area contributed by atoms with Gasteiger partial charge in [0.05, 0.1) is 12.2 Å². The van der Waals surface area contributed by atoms with Gasteiger partial charge in [-0.05, 0) is 45.3 Å². The third-order valence-electron chi connectivity index (χ3n) is 3.24. The molecule has 1 amide bonds. The maximum absolute atomic E-state index is 12.0. The molecule has 1 saturated heterocycles. The molecule has 0 saturated carbocycles. The summed E-state index contributed by atoms with van der Waals surface area (Å²) < 4.78 is 5.00. The molecular formula is C14H20N2O3S. The van der Waals surface area contributed by atoms with E-state index >= 15 is 0 Å². The summed E-state index contributed by atoms with van der Waals surface area (Å²) in [6.07, 6.45) is 1.52. The van der Waals surface area contributed by atoms with Crippen LogP contribution in [-0.2, 0) is 9.53 Å². The Morgan fingerprint density at radius 2 is 2.35 bits per heavy atom. The molecule has 0 aliphatic carbocycles. The van der Waals surface area contributed by atoms with E-state index in [2.05, 4.69) is 10.6 Å². The first-order chi connectivity index (χ1) is 9.60. The number of rotatable bonds is 5. The molecule has 1 aliphatic heterocycles. The fourth-order valence-electron chi connectivity index (χ4n) is 2.30. The smallest absolute Gasteiger partial charge is 0.341 e. The normalized spacial score (nSPS) is 18.0. The summed E-state index contributed by atoms with van der Waals surface area (Å²) in [5.74, 6) is -0.0251. The van der Waals surface area contributed by atoms with Gasteiger partial charge in [0, 0.05) is 11.3 Å². The van der Waals surface area contributed by atoms with Gasteiger partial charge in [-0.2, -0.15) is 0 Å². The van der Waals surface area contributed by atoms with E-state index in [1.165, 1.54) is 11.3 Å². The van der Waals surface area contributed by atoms with Gasteiger partial charge in [0.2, 0.25) is 5.91 Å². The highest BCUT2D eigenvalue weighted by Crippen LogP contribution is 2.28. The number of aryl methyl sites for hydroxylation is 1. The Bertz CT molecular complexity index is 493. The van der Waals surface area contributed by atoms with Crippen LogP contribution in [0.4, 0.5) is 5.00 Å². The minimum Gasteiger partial charge on any atom is -0.462 e. The molecule has 0 radical (unpaired) electrons. The molecule has 1 aromatic rings. The maximum atomic E-state index is 12.0. The predicted octanol–water partition coefficient (Wildman–Crippen LogP) is 2.17. The van der Waals surface area contributed by atoms with E-state index in [0.717, 1.165) is 24.4 Å². The number of hydrogen-bond acceptors (Lipinski definition) is 5. The number of carbonyl (C=O) groups is 2. The number of carbonyl (C=O) groups excluding carboxylic acids is 2. The van der Waals surface area contributed by atoms with Crippen molar-refractivity contribution in [2.24, 2.45) is 5.92 Å². The summed E-state index contributed by atoms with van der Waals surface area (Å²) in [7, 11) is 0. The second-order valence-electron chi connectivity index (χ2n) is 4.93. The van der Waals surface area contributed by atoms with Crippen molar-refractivity contribution in [2.75, 3.05) is 25.0 Å². The number of hydrogen-bond donors (Lipinski definition) is 2. The van der Waals surface area contributed by atoms with Crippen LogP contribution in [0.1, 0.15) is 35.0 Å². The van der Waals surface area contributed by atoms with Crippen molar-refractivity contribution >= 4 is 28.2 Å². The lowest BCUT2D eigenvalue weighted by Gasteiger charge is -2.09. The van der Waals surface area contributed by atoms with Crippen molar-refractivity contribution < 1.29 is 14.3 Å². The minimum absolute atomic E-state index is 0.0360. The van der Waals surface area contributed by atoms with Gasteiger partial charge >= 0.3 is 5.97 Å². The zero-order chi connectivity index (χ0) is 14.5. The van der Waals surface area contributed by atoms with E-state index in [-0.39, 0.29) is 11.9 Å². The van der Waals surface area contributed by atoms with Crippen LogP contribution in [0.5, 0.6) is 0 Å². The Morgan fingerprint density at radius 3 is 3.00 bits per heavy atom. The lowest BCUT2D eigenvalue weighted by Crippen LogP contribution is -2.19. The zero-order valence-electron chi connectivity index (χ0n) is 11.8. The zero-order valence-corrected chi connectivity index (χ0v) is 12.6. The predicted molar refractivity (Wildman–Crippen MR) is 79.2 cm³/mol. The number of nitrogens with one attached hydrogen (secondary N) is 2. The quantitative estimate of drug-likeness (QED) is 0.817. The summed E-state index contributed by atoms with van der Waals surface area (Å²) in [5, 5.41) is 6.68. The topological polar surface area (TPSA) is 67.4 Å². The molecular weight excluding hydrogens is 276 g/mol. The molecule has 5 nitrogen and oxygen atoms in total. The van der Waals surface area contributed by atoms with E-state index < -0.39 is 0 Å².